The maximum Gasteiger partial charge on any atom is 0.220 e. The molecule has 0 saturated heterocycles. The summed E-state index contributed by atoms with van der Waals surface area (Å²) in [7, 11) is 1.65. The molecule has 0 bridgehead atoms. The molecule has 1 amide bonds. The van der Waals surface area contributed by atoms with Crippen LogP contribution in [0.2, 0.25) is 0 Å². The molecule has 0 atom stereocenters. The molecule has 0 spiro atoms. The Morgan fingerprint density at radius 2 is 1.96 bits per heavy atom. The summed E-state index contributed by atoms with van der Waals surface area (Å²) in [6.07, 6.45) is 8.21. The molecule has 154 valence electrons. The molecule has 1 fully saturated rings. The van der Waals surface area contributed by atoms with Crippen molar-refractivity contribution in [1.82, 2.24) is 5.32 Å². The van der Waals surface area contributed by atoms with Gasteiger partial charge in [0, 0.05) is 13.0 Å². The highest BCUT2D eigenvalue weighted by Gasteiger charge is 2.32. The molecule has 27 heavy (non-hydrogen) atoms. The quantitative estimate of drug-likeness (QED) is 0.587. The molecule has 0 aromatic heterocycles. The number of benzene rings is 1. The highest BCUT2D eigenvalue weighted by Crippen LogP contribution is 2.38. The lowest BCUT2D eigenvalue weighted by molar-refractivity contribution is -0.123. The second-order valence-electron chi connectivity index (χ2n) is 7.31. The van der Waals surface area contributed by atoms with E-state index < -0.39 is 0 Å². The van der Waals surface area contributed by atoms with Gasteiger partial charge in [-0.2, -0.15) is 0 Å². The molecule has 1 aromatic carbocycles. The molecule has 1 saturated carbocycles. The molecule has 0 unspecified atom stereocenters. The van der Waals surface area contributed by atoms with Crippen LogP contribution in [0.4, 0.5) is 0 Å². The number of hydrogen-bond acceptors (Lipinski definition) is 4. The van der Waals surface area contributed by atoms with Crippen LogP contribution < -0.4 is 20.5 Å². The highest BCUT2D eigenvalue weighted by molar-refractivity contribution is 5.85. The zero-order valence-corrected chi connectivity index (χ0v) is 17.5. The molecule has 6 heteroatoms. The van der Waals surface area contributed by atoms with Gasteiger partial charge in [-0.3, -0.25) is 4.79 Å². The predicted octanol–water partition coefficient (Wildman–Crippen LogP) is 3.86. The SMILES string of the molecule is CCOc1cc(CCCNC(=O)CC2(CN)CCCCC2)ccc1OC.Cl. The van der Waals surface area contributed by atoms with E-state index in [9.17, 15) is 4.79 Å². The van der Waals surface area contributed by atoms with Gasteiger partial charge >= 0.3 is 0 Å². The van der Waals surface area contributed by atoms with E-state index in [4.69, 9.17) is 15.2 Å². The summed E-state index contributed by atoms with van der Waals surface area (Å²) in [6, 6.07) is 6.01. The van der Waals surface area contributed by atoms with Crippen molar-refractivity contribution in [1.29, 1.82) is 0 Å². The second-order valence-corrected chi connectivity index (χ2v) is 7.31. The van der Waals surface area contributed by atoms with E-state index in [2.05, 4.69) is 11.4 Å². The first-order valence-electron chi connectivity index (χ1n) is 9.89. The maximum absolute atomic E-state index is 12.3. The van der Waals surface area contributed by atoms with E-state index in [0.29, 0.717) is 26.1 Å². The van der Waals surface area contributed by atoms with Crippen molar-refractivity contribution in [2.75, 3.05) is 26.8 Å². The molecule has 2 rings (SSSR count). The second kappa shape index (κ2) is 12.1. The van der Waals surface area contributed by atoms with Crippen molar-refractivity contribution in [3.63, 3.8) is 0 Å². The number of nitrogens with two attached hydrogens (primary N) is 1. The van der Waals surface area contributed by atoms with Crippen molar-refractivity contribution < 1.29 is 14.3 Å². The zero-order chi connectivity index (χ0) is 18.8. The number of aryl methyl sites for hydroxylation is 1. The standard InChI is InChI=1S/C21H34N2O3.ClH/c1-3-26-19-14-17(9-10-18(19)25-2)8-7-13-23-20(24)15-21(16-22)11-5-4-6-12-21;/h9-10,14H,3-8,11-13,15-16,22H2,1-2H3,(H,23,24);1H. The van der Waals surface area contributed by atoms with Crippen LogP contribution in [0.3, 0.4) is 0 Å². The molecule has 1 aromatic rings. The van der Waals surface area contributed by atoms with E-state index in [0.717, 1.165) is 37.2 Å². The van der Waals surface area contributed by atoms with Crippen molar-refractivity contribution in [2.45, 2.75) is 58.3 Å². The molecule has 0 heterocycles. The molecular formula is C21H35ClN2O3. The normalized spacial score (nSPS) is 15.5. The van der Waals surface area contributed by atoms with Crippen molar-refractivity contribution in [3.8, 4) is 11.5 Å². The summed E-state index contributed by atoms with van der Waals surface area (Å²) in [5.41, 5.74) is 7.20. The minimum atomic E-state index is 0. The Kier molecular flexibility index (Phi) is 10.6. The van der Waals surface area contributed by atoms with Crippen LogP contribution in [0, 0.1) is 5.41 Å². The van der Waals surface area contributed by atoms with Crippen LogP contribution in [-0.2, 0) is 11.2 Å². The number of hydrogen-bond donors (Lipinski definition) is 2. The maximum atomic E-state index is 12.3. The van der Waals surface area contributed by atoms with Gasteiger partial charge in [-0.25, -0.2) is 0 Å². The monoisotopic (exact) mass is 398 g/mol. The van der Waals surface area contributed by atoms with Crippen LogP contribution in [0.25, 0.3) is 0 Å². The summed E-state index contributed by atoms with van der Waals surface area (Å²) >= 11 is 0. The third kappa shape index (κ3) is 7.23. The van der Waals surface area contributed by atoms with E-state index in [-0.39, 0.29) is 23.7 Å². The molecule has 0 radical (unpaired) electrons. The van der Waals surface area contributed by atoms with Gasteiger partial charge in [0.05, 0.1) is 13.7 Å². The van der Waals surface area contributed by atoms with E-state index in [1.54, 1.807) is 7.11 Å². The van der Waals surface area contributed by atoms with Gasteiger partial charge in [0.1, 0.15) is 0 Å². The lowest BCUT2D eigenvalue weighted by Crippen LogP contribution is -2.38. The molecule has 0 aliphatic heterocycles. The Bertz CT molecular complexity index is 575. The van der Waals surface area contributed by atoms with Crippen LogP contribution in [0.15, 0.2) is 18.2 Å². The summed E-state index contributed by atoms with van der Waals surface area (Å²) in [4.78, 5) is 12.3. The topological polar surface area (TPSA) is 73.6 Å². The molecule has 1 aliphatic rings. The molecule has 3 N–H and O–H groups in total. The van der Waals surface area contributed by atoms with Crippen LogP contribution in [-0.4, -0.2) is 32.7 Å². The number of carbonyl (C=O) groups is 1. The number of nitrogens with one attached hydrogen (secondary N) is 1. The molecule has 5 nitrogen and oxygen atoms in total. The number of halogens is 1. The Labute approximate surface area is 169 Å². The molecular weight excluding hydrogens is 364 g/mol. The predicted molar refractivity (Wildman–Crippen MR) is 112 cm³/mol. The summed E-state index contributed by atoms with van der Waals surface area (Å²) < 4.78 is 10.9. The van der Waals surface area contributed by atoms with Gasteiger partial charge in [-0.1, -0.05) is 25.3 Å². The van der Waals surface area contributed by atoms with Gasteiger partial charge in [0.15, 0.2) is 11.5 Å². The zero-order valence-electron chi connectivity index (χ0n) is 16.7. The van der Waals surface area contributed by atoms with Gasteiger partial charge in [-0.05, 0) is 62.3 Å². The highest BCUT2D eigenvalue weighted by atomic mass is 35.5. The van der Waals surface area contributed by atoms with Gasteiger partial charge < -0.3 is 20.5 Å². The first kappa shape index (κ1) is 23.6. The minimum Gasteiger partial charge on any atom is -0.493 e. The Balaban J connectivity index is 0.00000364. The third-order valence-electron chi connectivity index (χ3n) is 5.38. The fraction of sp³-hybridized carbons (Fsp3) is 0.667. The first-order chi connectivity index (χ1) is 12.6. The number of methoxy groups -OCH3 is 1. The van der Waals surface area contributed by atoms with Gasteiger partial charge in [-0.15, -0.1) is 12.4 Å². The van der Waals surface area contributed by atoms with Gasteiger partial charge in [0.25, 0.3) is 0 Å². The number of rotatable bonds is 10. The fourth-order valence-electron chi connectivity index (χ4n) is 3.82. The first-order valence-corrected chi connectivity index (χ1v) is 9.89. The van der Waals surface area contributed by atoms with Crippen LogP contribution >= 0.6 is 12.4 Å². The Morgan fingerprint density at radius 3 is 2.59 bits per heavy atom. The minimum absolute atomic E-state index is 0. The number of amides is 1. The fourth-order valence-corrected chi connectivity index (χ4v) is 3.82. The summed E-state index contributed by atoms with van der Waals surface area (Å²) in [6.45, 7) is 3.88. The van der Waals surface area contributed by atoms with Crippen molar-refractivity contribution >= 4 is 18.3 Å². The van der Waals surface area contributed by atoms with Crippen molar-refractivity contribution in [2.24, 2.45) is 11.1 Å². The number of carbonyl (C=O) groups excluding carboxylic acids is 1. The smallest absolute Gasteiger partial charge is 0.220 e. The number of ether oxygens (including phenoxy) is 2. The lowest BCUT2D eigenvalue weighted by Gasteiger charge is -2.35. The van der Waals surface area contributed by atoms with Crippen LogP contribution in [0.5, 0.6) is 11.5 Å². The lowest BCUT2D eigenvalue weighted by atomic mass is 9.71. The average molecular weight is 399 g/mol. The summed E-state index contributed by atoms with van der Waals surface area (Å²) in [5, 5.41) is 3.07. The molecule has 1 aliphatic carbocycles. The van der Waals surface area contributed by atoms with E-state index >= 15 is 0 Å². The Hall–Kier alpha value is -1.46. The average Bonchev–Trinajstić information content (AvgIpc) is 2.66. The van der Waals surface area contributed by atoms with Crippen LogP contribution in [0.1, 0.15) is 57.4 Å². The third-order valence-corrected chi connectivity index (χ3v) is 5.38. The summed E-state index contributed by atoms with van der Waals surface area (Å²) in [5.74, 6) is 1.67. The largest absolute Gasteiger partial charge is 0.493 e. The van der Waals surface area contributed by atoms with E-state index in [1.807, 2.05) is 19.1 Å². The van der Waals surface area contributed by atoms with Gasteiger partial charge in [0.2, 0.25) is 5.91 Å². The Morgan fingerprint density at radius 1 is 1.22 bits per heavy atom. The van der Waals surface area contributed by atoms with Crippen molar-refractivity contribution in [3.05, 3.63) is 23.8 Å². The van der Waals surface area contributed by atoms with E-state index in [1.165, 1.54) is 24.8 Å².